The van der Waals surface area contributed by atoms with Gasteiger partial charge in [-0.3, -0.25) is 4.99 Å². The Hall–Kier alpha value is -0.770. The van der Waals surface area contributed by atoms with Crippen LogP contribution in [0.15, 0.2) is 4.99 Å². The zero-order valence-electron chi connectivity index (χ0n) is 13.1. The first-order valence-corrected chi connectivity index (χ1v) is 7.63. The first-order chi connectivity index (χ1) is 9.13. The summed E-state index contributed by atoms with van der Waals surface area (Å²) in [5.41, 5.74) is 0. The second kappa shape index (κ2) is 9.18. The molecule has 1 rings (SSSR count). The molecule has 0 radical (unpaired) electrons. The summed E-state index contributed by atoms with van der Waals surface area (Å²) < 4.78 is 5.42. The quantitative estimate of drug-likeness (QED) is 0.438. The summed E-state index contributed by atoms with van der Waals surface area (Å²) in [6.45, 7) is 8.43. The normalized spacial score (nSPS) is 20.1. The van der Waals surface area contributed by atoms with Gasteiger partial charge in [-0.05, 0) is 18.8 Å². The van der Waals surface area contributed by atoms with Crippen molar-refractivity contribution in [1.82, 2.24) is 10.2 Å². The first-order valence-electron chi connectivity index (χ1n) is 7.63. The van der Waals surface area contributed by atoms with Crippen molar-refractivity contribution in [2.24, 2.45) is 16.8 Å². The molecule has 0 aromatic heterocycles. The Morgan fingerprint density at radius 1 is 1.42 bits per heavy atom. The molecule has 0 aliphatic carbocycles. The highest BCUT2D eigenvalue weighted by molar-refractivity contribution is 5.79. The maximum Gasteiger partial charge on any atom is 0.193 e. The van der Waals surface area contributed by atoms with E-state index in [1.165, 1.54) is 25.7 Å². The van der Waals surface area contributed by atoms with E-state index in [9.17, 15) is 0 Å². The molecule has 1 aliphatic rings. The number of nitrogens with zero attached hydrogens (tertiary/aromatic N) is 2. The van der Waals surface area contributed by atoms with Gasteiger partial charge in [-0.15, -0.1) is 0 Å². The van der Waals surface area contributed by atoms with Crippen LogP contribution in [0.25, 0.3) is 0 Å². The number of nitrogens with one attached hydrogen (secondary N) is 1. The second-order valence-corrected chi connectivity index (χ2v) is 5.97. The van der Waals surface area contributed by atoms with E-state index in [1.807, 2.05) is 7.05 Å². The molecule has 1 heterocycles. The van der Waals surface area contributed by atoms with Gasteiger partial charge in [-0.2, -0.15) is 0 Å². The van der Waals surface area contributed by atoms with Gasteiger partial charge in [0.1, 0.15) is 0 Å². The predicted molar refractivity (Wildman–Crippen MR) is 81.6 cm³/mol. The van der Waals surface area contributed by atoms with Crippen molar-refractivity contribution in [3.05, 3.63) is 0 Å². The van der Waals surface area contributed by atoms with E-state index in [1.54, 1.807) is 0 Å². The van der Waals surface area contributed by atoms with E-state index in [2.05, 4.69) is 36.1 Å². The number of rotatable bonds is 7. The third kappa shape index (κ3) is 6.81. The summed E-state index contributed by atoms with van der Waals surface area (Å²) in [6.07, 6.45) is 5.00. The number of hydrogen-bond acceptors (Lipinski definition) is 2. The number of unbranched alkanes of at least 4 members (excludes halogenated alkanes) is 1. The summed E-state index contributed by atoms with van der Waals surface area (Å²) in [5, 5.41) is 3.45. The molecular formula is C15H31N3O. The maximum absolute atomic E-state index is 5.42. The molecule has 0 bridgehead atoms. The molecule has 1 N–H and O–H groups in total. The van der Waals surface area contributed by atoms with Crippen LogP contribution in [0.3, 0.4) is 0 Å². The summed E-state index contributed by atoms with van der Waals surface area (Å²) in [4.78, 5) is 6.58. The smallest absolute Gasteiger partial charge is 0.193 e. The van der Waals surface area contributed by atoms with Gasteiger partial charge in [-0.25, -0.2) is 0 Å². The minimum absolute atomic E-state index is 0.657. The van der Waals surface area contributed by atoms with Crippen molar-refractivity contribution in [3.63, 3.8) is 0 Å². The highest BCUT2D eigenvalue weighted by atomic mass is 16.5. The average Bonchev–Trinajstić information content (AvgIpc) is 2.86. The Morgan fingerprint density at radius 2 is 2.21 bits per heavy atom. The van der Waals surface area contributed by atoms with Gasteiger partial charge in [0.25, 0.3) is 0 Å². The molecule has 1 atom stereocenters. The predicted octanol–water partition coefficient (Wildman–Crippen LogP) is 2.36. The fourth-order valence-corrected chi connectivity index (χ4v) is 2.46. The Morgan fingerprint density at radius 3 is 2.79 bits per heavy atom. The molecule has 19 heavy (non-hydrogen) atoms. The maximum atomic E-state index is 5.42. The largest absolute Gasteiger partial charge is 0.381 e. The molecule has 1 unspecified atom stereocenters. The van der Waals surface area contributed by atoms with Crippen molar-refractivity contribution in [2.45, 2.75) is 39.5 Å². The van der Waals surface area contributed by atoms with E-state index in [4.69, 9.17) is 4.74 Å². The molecule has 0 saturated carbocycles. The molecule has 1 fully saturated rings. The van der Waals surface area contributed by atoms with Crippen molar-refractivity contribution in [3.8, 4) is 0 Å². The molecule has 0 spiro atoms. The highest BCUT2D eigenvalue weighted by Gasteiger charge is 2.18. The van der Waals surface area contributed by atoms with E-state index in [0.717, 1.165) is 38.2 Å². The fourth-order valence-electron chi connectivity index (χ4n) is 2.46. The van der Waals surface area contributed by atoms with Gasteiger partial charge in [0.2, 0.25) is 0 Å². The van der Waals surface area contributed by atoms with Crippen LogP contribution >= 0.6 is 0 Å². The van der Waals surface area contributed by atoms with Crippen molar-refractivity contribution < 1.29 is 4.74 Å². The van der Waals surface area contributed by atoms with Gasteiger partial charge >= 0.3 is 0 Å². The zero-order chi connectivity index (χ0) is 14.1. The van der Waals surface area contributed by atoms with E-state index in [0.29, 0.717) is 5.92 Å². The molecule has 1 saturated heterocycles. The third-order valence-corrected chi connectivity index (χ3v) is 3.62. The Balaban J connectivity index is 2.17. The Kier molecular flexibility index (Phi) is 7.87. The standard InChI is InChI=1S/C15H31N3O/c1-13(2)7-5-6-9-17-15(16-3)18(4)11-14-8-10-19-12-14/h13-14H,5-12H2,1-4H3,(H,16,17). The molecular weight excluding hydrogens is 238 g/mol. The minimum Gasteiger partial charge on any atom is -0.381 e. The molecule has 4 heteroatoms. The van der Waals surface area contributed by atoms with Crippen LogP contribution in [0.2, 0.25) is 0 Å². The van der Waals surface area contributed by atoms with Gasteiger partial charge in [0, 0.05) is 39.7 Å². The van der Waals surface area contributed by atoms with E-state index < -0.39 is 0 Å². The van der Waals surface area contributed by atoms with E-state index >= 15 is 0 Å². The van der Waals surface area contributed by atoms with Crippen LogP contribution in [0.4, 0.5) is 0 Å². The topological polar surface area (TPSA) is 36.9 Å². The van der Waals surface area contributed by atoms with E-state index in [-0.39, 0.29) is 0 Å². The van der Waals surface area contributed by atoms with Crippen molar-refractivity contribution >= 4 is 5.96 Å². The summed E-state index contributed by atoms with van der Waals surface area (Å²) >= 11 is 0. The molecule has 0 amide bonds. The van der Waals surface area contributed by atoms with Crippen LogP contribution in [-0.4, -0.2) is 51.3 Å². The van der Waals surface area contributed by atoms with Crippen LogP contribution in [0.5, 0.6) is 0 Å². The summed E-state index contributed by atoms with van der Waals surface area (Å²) in [6, 6.07) is 0. The summed E-state index contributed by atoms with van der Waals surface area (Å²) in [5.74, 6) is 2.48. The Bertz CT molecular complexity index is 260. The van der Waals surface area contributed by atoms with Crippen LogP contribution in [-0.2, 0) is 4.74 Å². The lowest BCUT2D eigenvalue weighted by Crippen LogP contribution is -2.41. The van der Waals surface area contributed by atoms with Gasteiger partial charge in [0.05, 0.1) is 6.61 Å². The molecule has 1 aliphatic heterocycles. The number of aliphatic imine (C=N–C) groups is 1. The lowest BCUT2D eigenvalue weighted by Gasteiger charge is -2.24. The molecule has 4 nitrogen and oxygen atoms in total. The van der Waals surface area contributed by atoms with Crippen molar-refractivity contribution in [2.75, 3.05) is 40.4 Å². The zero-order valence-corrected chi connectivity index (χ0v) is 13.1. The average molecular weight is 269 g/mol. The first kappa shape index (κ1) is 16.3. The lowest BCUT2D eigenvalue weighted by atomic mass is 10.1. The molecule has 112 valence electrons. The van der Waals surface area contributed by atoms with Gasteiger partial charge in [0.15, 0.2) is 5.96 Å². The number of hydrogen-bond donors (Lipinski definition) is 1. The third-order valence-electron chi connectivity index (χ3n) is 3.62. The Labute approximate surface area is 118 Å². The van der Waals surface area contributed by atoms with Gasteiger partial charge in [-0.1, -0.05) is 26.7 Å². The van der Waals surface area contributed by atoms with Crippen LogP contribution in [0, 0.1) is 11.8 Å². The van der Waals surface area contributed by atoms with Crippen molar-refractivity contribution in [1.29, 1.82) is 0 Å². The lowest BCUT2D eigenvalue weighted by molar-refractivity contribution is 0.181. The second-order valence-electron chi connectivity index (χ2n) is 5.97. The van der Waals surface area contributed by atoms with Crippen LogP contribution < -0.4 is 5.32 Å². The fraction of sp³-hybridized carbons (Fsp3) is 0.933. The SMILES string of the molecule is CN=C(NCCCCC(C)C)N(C)CC1CCOC1. The summed E-state index contributed by atoms with van der Waals surface area (Å²) in [7, 11) is 3.97. The number of ether oxygens (including phenoxy) is 1. The molecule has 0 aromatic carbocycles. The molecule has 0 aromatic rings. The number of guanidine groups is 1. The highest BCUT2D eigenvalue weighted by Crippen LogP contribution is 2.13. The van der Waals surface area contributed by atoms with Crippen LogP contribution in [0.1, 0.15) is 39.5 Å². The minimum atomic E-state index is 0.657. The van der Waals surface area contributed by atoms with Gasteiger partial charge < -0.3 is 15.0 Å². The monoisotopic (exact) mass is 269 g/mol.